The van der Waals surface area contributed by atoms with Crippen molar-refractivity contribution in [1.29, 1.82) is 0 Å². The Labute approximate surface area is 267 Å². The lowest BCUT2D eigenvalue weighted by Crippen LogP contribution is -2.56. The summed E-state index contributed by atoms with van der Waals surface area (Å²) >= 11 is 0. The molecule has 0 radical (unpaired) electrons. The van der Waals surface area contributed by atoms with Crippen molar-refractivity contribution >= 4 is 53.3 Å². The number of carbonyl (C=O) groups excluding carboxylic acids is 7. The zero-order valence-electron chi connectivity index (χ0n) is 27.0. The van der Waals surface area contributed by atoms with Crippen molar-refractivity contribution in [1.82, 2.24) is 30.7 Å². The van der Waals surface area contributed by atoms with Gasteiger partial charge in [-0.15, -0.1) is 0 Å². The molecular formula is C29H46N8O9. The van der Waals surface area contributed by atoms with Crippen LogP contribution in [-0.4, -0.2) is 123 Å². The van der Waals surface area contributed by atoms with Crippen molar-refractivity contribution in [3.05, 3.63) is 0 Å². The summed E-state index contributed by atoms with van der Waals surface area (Å²) in [5.41, 5.74) is 5.69. The molecule has 2 aliphatic heterocycles. The van der Waals surface area contributed by atoms with Crippen molar-refractivity contribution in [2.45, 2.75) is 97.3 Å². The molecule has 2 fully saturated rings. The quantitative estimate of drug-likeness (QED) is 0.0860. The Morgan fingerprint density at radius 3 is 1.98 bits per heavy atom. The average molecular weight is 651 g/mol. The van der Waals surface area contributed by atoms with E-state index in [2.05, 4.69) is 20.9 Å². The van der Waals surface area contributed by atoms with Crippen LogP contribution in [0.15, 0.2) is 4.99 Å². The molecule has 0 aliphatic carbocycles. The van der Waals surface area contributed by atoms with Gasteiger partial charge >= 0.3 is 5.97 Å². The summed E-state index contributed by atoms with van der Waals surface area (Å²) in [4.78, 5) is 106. The van der Waals surface area contributed by atoms with Crippen molar-refractivity contribution in [3.63, 3.8) is 0 Å². The Morgan fingerprint density at radius 2 is 1.46 bits per heavy atom. The van der Waals surface area contributed by atoms with Gasteiger partial charge in [-0.05, 0) is 44.4 Å². The van der Waals surface area contributed by atoms with E-state index in [1.165, 1.54) is 16.7 Å². The molecule has 7 amide bonds. The number of carbonyl (C=O) groups is 8. The van der Waals surface area contributed by atoms with Gasteiger partial charge in [0, 0.05) is 40.4 Å². The molecule has 2 heterocycles. The van der Waals surface area contributed by atoms with Crippen molar-refractivity contribution in [2.75, 3.05) is 26.2 Å². The summed E-state index contributed by atoms with van der Waals surface area (Å²) in [6, 6.07) is -3.83. The number of aliphatic imine (C=N–C) groups is 1. The standard InChI is InChI=1S/C29H46N8O9/c1-16(2)24(33-17(3)38)27(44)36-14-8-10-21(36)25(42)32-15-23(41)35-13-7-11-22(35)26(43)34-20(28(45)46)9-6-12-31-29(30)37(18(4)39)19(5)40/h16,20-22,24H,6-15H2,1-5H3,(H2,30,31)(H,32,42)(H,33,38)(H,34,43)(H,45,46)/t20-,21-,22-,24-/m0/s1. The number of hydrogen-bond donors (Lipinski definition) is 5. The van der Waals surface area contributed by atoms with Crippen molar-refractivity contribution in [2.24, 2.45) is 16.6 Å². The van der Waals surface area contributed by atoms with Crippen LogP contribution in [0.4, 0.5) is 0 Å². The zero-order valence-corrected chi connectivity index (χ0v) is 27.0. The van der Waals surface area contributed by atoms with E-state index < -0.39 is 66.2 Å². The molecule has 0 saturated carbocycles. The summed E-state index contributed by atoms with van der Waals surface area (Å²) in [5, 5.41) is 17.3. The summed E-state index contributed by atoms with van der Waals surface area (Å²) in [6.07, 6.45) is 1.89. The number of hydrogen-bond acceptors (Lipinski definition) is 9. The van der Waals surface area contributed by atoms with Crippen LogP contribution in [0.2, 0.25) is 0 Å². The molecule has 2 aliphatic rings. The van der Waals surface area contributed by atoms with Crippen LogP contribution in [0.3, 0.4) is 0 Å². The molecule has 17 heteroatoms. The average Bonchev–Trinajstić information content (AvgIpc) is 3.65. The Morgan fingerprint density at radius 1 is 0.891 bits per heavy atom. The maximum absolute atomic E-state index is 13.2. The Kier molecular flexibility index (Phi) is 14.1. The lowest BCUT2D eigenvalue weighted by molar-refractivity contribution is -0.144. The van der Waals surface area contributed by atoms with Gasteiger partial charge in [0.25, 0.3) is 0 Å². The van der Waals surface area contributed by atoms with Gasteiger partial charge < -0.3 is 36.6 Å². The van der Waals surface area contributed by atoms with E-state index in [1.807, 2.05) is 0 Å². The fourth-order valence-electron chi connectivity index (χ4n) is 5.56. The van der Waals surface area contributed by atoms with Gasteiger partial charge in [0.2, 0.25) is 47.3 Å². The molecule has 6 N–H and O–H groups in total. The van der Waals surface area contributed by atoms with Crippen LogP contribution >= 0.6 is 0 Å². The number of nitrogens with two attached hydrogens (primary N) is 1. The third kappa shape index (κ3) is 10.2. The zero-order chi connectivity index (χ0) is 34.7. The molecule has 4 atom stereocenters. The number of amides is 7. The minimum Gasteiger partial charge on any atom is -0.480 e. The monoisotopic (exact) mass is 650 g/mol. The highest BCUT2D eigenvalue weighted by Gasteiger charge is 2.40. The van der Waals surface area contributed by atoms with E-state index in [4.69, 9.17) is 5.73 Å². The van der Waals surface area contributed by atoms with Gasteiger partial charge in [-0.1, -0.05) is 13.8 Å². The highest BCUT2D eigenvalue weighted by molar-refractivity contribution is 6.10. The molecule has 2 saturated heterocycles. The first-order chi connectivity index (χ1) is 21.6. The maximum atomic E-state index is 13.2. The number of carboxylic acids is 1. The van der Waals surface area contributed by atoms with Gasteiger partial charge in [-0.3, -0.25) is 38.6 Å². The fraction of sp³-hybridized carbons (Fsp3) is 0.690. The number of nitrogens with zero attached hydrogens (tertiary/aromatic N) is 4. The number of guanidine groups is 1. The number of imide groups is 1. The van der Waals surface area contributed by atoms with Crippen molar-refractivity contribution in [3.8, 4) is 0 Å². The first kappa shape index (κ1) is 37.6. The first-order valence-corrected chi connectivity index (χ1v) is 15.4. The molecule has 46 heavy (non-hydrogen) atoms. The smallest absolute Gasteiger partial charge is 0.326 e. The Balaban J connectivity index is 1.95. The predicted molar refractivity (Wildman–Crippen MR) is 163 cm³/mol. The number of rotatable bonds is 13. The van der Waals surface area contributed by atoms with E-state index in [0.717, 1.165) is 13.8 Å². The number of nitrogens with one attached hydrogen (secondary N) is 3. The first-order valence-electron chi connectivity index (χ1n) is 15.4. The van der Waals surface area contributed by atoms with Crippen LogP contribution < -0.4 is 21.7 Å². The fourth-order valence-corrected chi connectivity index (χ4v) is 5.56. The van der Waals surface area contributed by atoms with Gasteiger partial charge in [-0.25, -0.2) is 9.69 Å². The second kappa shape index (κ2) is 17.2. The second-order valence-electron chi connectivity index (χ2n) is 11.7. The molecule has 17 nitrogen and oxygen atoms in total. The molecule has 256 valence electrons. The van der Waals surface area contributed by atoms with E-state index in [9.17, 15) is 43.5 Å². The van der Waals surface area contributed by atoms with E-state index in [-0.39, 0.29) is 49.6 Å². The van der Waals surface area contributed by atoms with Gasteiger partial charge in [0.15, 0.2) is 0 Å². The molecule has 0 bridgehead atoms. The Bertz CT molecular complexity index is 1220. The van der Waals surface area contributed by atoms with Gasteiger partial charge in [0.05, 0.1) is 6.54 Å². The SMILES string of the molecule is CC(=O)N[C@H](C(=O)N1CCC[C@H]1C(=O)NCC(=O)N1CCC[C@H]1C(=O)N[C@@H](CCCN=C(N)N(C(C)=O)C(C)=O)C(=O)O)C(C)C. The minimum atomic E-state index is -1.30. The highest BCUT2D eigenvalue weighted by Crippen LogP contribution is 2.21. The molecule has 2 rings (SSSR count). The summed E-state index contributed by atoms with van der Waals surface area (Å²) in [5.74, 6) is -5.49. The maximum Gasteiger partial charge on any atom is 0.326 e. The molecule has 0 aromatic heterocycles. The second-order valence-corrected chi connectivity index (χ2v) is 11.7. The summed E-state index contributed by atoms with van der Waals surface area (Å²) in [7, 11) is 0. The number of carboxylic acid groups (broad SMARTS) is 1. The predicted octanol–water partition coefficient (Wildman–Crippen LogP) is -1.70. The van der Waals surface area contributed by atoms with Crippen LogP contribution in [-0.2, 0) is 38.4 Å². The summed E-state index contributed by atoms with van der Waals surface area (Å²) in [6.45, 7) is 7.34. The van der Waals surface area contributed by atoms with Crippen LogP contribution in [0, 0.1) is 5.92 Å². The van der Waals surface area contributed by atoms with Gasteiger partial charge in [0.1, 0.15) is 24.2 Å². The molecule has 0 unspecified atom stereocenters. The molecule has 0 aromatic rings. The summed E-state index contributed by atoms with van der Waals surface area (Å²) < 4.78 is 0. The topological polar surface area (TPSA) is 241 Å². The minimum absolute atomic E-state index is 0.00827. The van der Waals surface area contributed by atoms with Crippen molar-refractivity contribution < 1.29 is 43.5 Å². The van der Waals surface area contributed by atoms with Crippen LogP contribution in [0.5, 0.6) is 0 Å². The molecule has 0 aromatic carbocycles. The molecular weight excluding hydrogens is 604 g/mol. The number of aliphatic carboxylic acids is 1. The lowest BCUT2D eigenvalue weighted by Gasteiger charge is -2.30. The van der Waals surface area contributed by atoms with Crippen LogP contribution in [0.25, 0.3) is 0 Å². The lowest BCUT2D eigenvalue weighted by atomic mass is 10.0. The highest BCUT2D eigenvalue weighted by atomic mass is 16.4. The van der Waals surface area contributed by atoms with E-state index in [0.29, 0.717) is 37.1 Å². The molecule has 0 spiro atoms. The third-order valence-electron chi connectivity index (χ3n) is 7.82. The normalized spacial score (nSPS) is 19.3. The number of likely N-dealkylation sites (tertiary alicyclic amines) is 2. The largest absolute Gasteiger partial charge is 0.480 e. The van der Waals surface area contributed by atoms with E-state index >= 15 is 0 Å². The van der Waals surface area contributed by atoms with E-state index in [1.54, 1.807) is 13.8 Å². The van der Waals surface area contributed by atoms with Gasteiger partial charge in [-0.2, -0.15) is 0 Å². The van der Waals surface area contributed by atoms with Crippen LogP contribution in [0.1, 0.15) is 73.1 Å². The Hall–Kier alpha value is -4.57. The third-order valence-corrected chi connectivity index (χ3v) is 7.82.